The Hall–Kier alpha value is -4.16. The minimum absolute atomic E-state index is 0.194. The van der Waals surface area contributed by atoms with E-state index in [1.807, 2.05) is 45.1 Å². The van der Waals surface area contributed by atoms with Crippen LogP contribution in [-0.2, 0) is 10.4 Å². The Bertz CT molecular complexity index is 1190. The van der Waals surface area contributed by atoms with Crippen molar-refractivity contribution in [3.8, 4) is 5.75 Å². The highest BCUT2D eigenvalue weighted by Crippen LogP contribution is 2.37. The molecule has 0 saturated carbocycles. The molecule has 0 bridgehead atoms. The normalized spacial score (nSPS) is 12.8. The Morgan fingerprint density at radius 1 is 1.23 bits per heavy atom. The first-order chi connectivity index (χ1) is 18.4. The number of anilines is 4. The number of carbonyl (C=O) groups is 1. The van der Waals surface area contributed by atoms with Gasteiger partial charge < -0.3 is 41.3 Å². The minimum atomic E-state index is -1.15. The third-order valence-corrected chi connectivity index (χ3v) is 5.57. The van der Waals surface area contributed by atoms with E-state index in [0.29, 0.717) is 35.1 Å². The average Bonchev–Trinajstić information content (AvgIpc) is 2.87. The Balaban J connectivity index is 2.44. The lowest BCUT2D eigenvalue weighted by Gasteiger charge is -2.26. The maximum atomic E-state index is 12.2. The molecule has 0 radical (unpaired) electrons. The number of hydrogen-bond donors (Lipinski definition) is 5. The highest BCUT2D eigenvalue weighted by Gasteiger charge is 2.22. The summed E-state index contributed by atoms with van der Waals surface area (Å²) in [6.07, 6.45) is 3.47. The van der Waals surface area contributed by atoms with Gasteiger partial charge in [-0.05, 0) is 59.1 Å². The van der Waals surface area contributed by atoms with Gasteiger partial charge in [-0.1, -0.05) is 6.58 Å². The molecule has 0 aliphatic heterocycles. The Morgan fingerprint density at radius 3 is 2.54 bits per heavy atom. The zero-order chi connectivity index (χ0) is 29.2. The van der Waals surface area contributed by atoms with Crippen molar-refractivity contribution in [2.45, 2.75) is 32.5 Å². The lowest BCUT2D eigenvalue weighted by molar-refractivity contribution is -0.111. The van der Waals surface area contributed by atoms with Crippen molar-refractivity contribution >= 4 is 41.0 Å². The van der Waals surface area contributed by atoms with E-state index in [1.165, 1.54) is 6.08 Å². The molecular formula is C27H41N9O3. The third kappa shape index (κ3) is 9.27. The second kappa shape index (κ2) is 14.1. The fourth-order valence-electron chi connectivity index (χ4n) is 3.64. The van der Waals surface area contributed by atoms with Crippen LogP contribution in [-0.4, -0.2) is 80.7 Å². The van der Waals surface area contributed by atoms with Crippen LogP contribution in [0, 0.1) is 0 Å². The van der Waals surface area contributed by atoms with Crippen molar-refractivity contribution in [1.82, 2.24) is 9.88 Å². The second-order valence-electron chi connectivity index (χ2n) is 9.62. The lowest BCUT2D eigenvalue weighted by Crippen LogP contribution is -2.29. The number of rotatable bonds is 12. The van der Waals surface area contributed by atoms with Gasteiger partial charge in [-0.3, -0.25) is 9.78 Å². The molecule has 2 aromatic rings. The topological polar surface area (TPSA) is 153 Å². The number of nitrogens with one attached hydrogen (secondary N) is 3. The summed E-state index contributed by atoms with van der Waals surface area (Å²) in [6, 6.07) is 7.16. The minimum Gasteiger partial charge on any atom is -0.494 e. The van der Waals surface area contributed by atoms with Crippen LogP contribution < -0.4 is 31.3 Å². The van der Waals surface area contributed by atoms with E-state index in [4.69, 9.17) is 10.5 Å². The predicted molar refractivity (Wildman–Crippen MR) is 160 cm³/mol. The fourth-order valence-corrected chi connectivity index (χ4v) is 3.64. The number of pyridine rings is 1. The molecule has 39 heavy (non-hydrogen) atoms. The average molecular weight is 540 g/mol. The molecule has 1 heterocycles. The van der Waals surface area contributed by atoms with Gasteiger partial charge in [0.1, 0.15) is 17.5 Å². The summed E-state index contributed by atoms with van der Waals surface area (Å²) in [4.78, 5) is 29.4. The number of methoxy groups -OCH3 is 1. The molecule has 12 nitrogen and oxygen atoms in total. The van der Waals surface area contributed by atoms with Crippen molar-refractivity contribution in [1.29, 1.82) is 0 Å². The van der Waals surface area contributed by atoms with Crippen molar-refractivity contribution in [2.75, 3.05) is 62.2 Å². The van der Waals surface area contributed by atoms with Crippen LogP contribution in [0.3, 0.4) is 0 Å². The molecule has 1 unspecified atom stereocenters. The summed E-state index contributed by atoms with van der Waals surface area (Å²) in [5, 5.41) is 19.7. The summed E-state index contributed by atoms with van der Waals surface area (Å²) in [5.74, 6) is 0.355. The Morgan fingerprint density at radius 2 is 1.95 bits per heavy atom. The van der Waals surface area contributed by atoms with Crippen molar-refractivity contribution < 1.29 is 14.6 Å². The van der Waals surface area contributed by atoms with Gasteiger partial charge in [0.15, 0.2) is 0 Å². The highest BCUT2D eigenvalue weighted by atomic mass is 16.5. The maximum absolute atomic E-state index is 12.2. The predicted octanol–water partition coefficient (Wildman–Crippen LogP) is 2.65. The Labute approximate surface area is 230 Å². The number of hydrogen-bond acceptors (Lipinski definition) is 8. The number of ether oxygens (including phenoxy) is 1. The van der Waals surface area contributed by atoms with Crippen LogP contribution in [0.1, 0.15) is 26.5 Å². The van der Waals surface area contributed by atoms with E-state index >= 15 is 0 Å². The van der Waals surface area contributed by atoms with Gasteiger partial charge >= 0.3 is 0 Å². The first-order valence-electron chi connectivity index (χ1n) is 12.4. The zero-order valence-electron chi connectivity index (χ0n) is 23.8. The molecule has 0 fully saturated rings. The van der Waals surface area contributed by atoms with Crippen LogP contribution in [0.25, 0.3) is 0 Å². The number of guanidine groups is 1. The molecule has 0 aliphatic rings. The molecule has 1 amide bonds. The molecule has 1 atom stereocenters. The number of nitrogens with two attached hydrogens (primary N) is 1. The highest BCUT2D eigenvalue weighted by molar-refractivity contribution is 6.04. The molecule has 212 valence electrons. The fraction of sp³-hybridized carbons (Fsp3) is 0.407. The molecule has 2 rings (SSSR count). The first kappa shape index (κ1) is 31.1. The van der Waals surface area contributed by atoms with Gasteiger partial charge in [0.2, 0.25) is 11.9 Å². The van der Waals surface area contributed by atoms with Gasteiger partial charge in [0, 0.05) is 32.4 Å². The summed E-state index contributed by atoms with van der Waals surface area (Å²) < 4.78 is 5.66. The number of amides is 1. The van der Waals surface area contributed by atoms with E-state index in [9.17, 15) is 9.90 Å². The molecule has 12 heteroatoms. The number of aliphatic hydroxyl groups is 1. The number of aromatic nitrogens is 1. The molecular weight excluding hydrogens is 498 g/mol. The van der Waals surface area contributed by atoms with Crippen molar-refractivity contribution in [3.05, 3.63) is 48.8 Å². The van der Waals surface area contributed by atoms with Gasteiger partial charge in [-0.2, -0.15) is 0 Å². The van der Waals surface area contributed by atoms with Gasteiger partial charge in [0.25, 0.3) is 0 Å². The maximum Gasteiger partial charge on any atom is 0.247 e. The largest absolute Gasteiger partial charge is 0.494 e. The first-order valence-corrected chi connectivity index (χ1v) is 12.4. The zero-order valence-corrected chi connectivity index (χ0v) is 23.8. The Kier molecular flexibility index (Phi) is 11.2. The number of likely N-dealkylation sites (N-methyl/N-ethyl adjacent to an activating group) is 2. The molecule has 0 aliphatic carbocycles. The van der Waals surface area contributed by atoms with E-state index in [0.717, 1.165) is 18.6 Å². The monoisotopic (exact) mass is 539 g/mol. The van der Waals surface area contributed by atoms with Gasteiger partial charge in [-0.25, -0.2) is 9.98 Å². The SMILES string of the molecule is C=CC(=O)Nc1cc(NC(N=CN)=NC(C)Nc2cccnc2C(C)(C)O)c(OC)cc1N(C)CCN(C)C. The van der Waals surface area contributed by atoms with Crippen LogP contribution in [0.15, 0.2) is 53.1 Å². The number of carbonyl (C=O) groups excluding carboxylic acids is 1. The van der Waals surface area contributed by atoms with E-state index in [2.05, 4.69) is 42.4 Å². The number of nitrogens with zero attached hydrogens (tertiary/aromatic N) is 5. The number of aliphatic imine (C=N–C) groups is 2. The summed E-state index contributed by atoms with van der Waals surface area (Å²) in [5.41, 5.74) is 7.41. The molecule has 0 saturated heterocycles. The molecule has 1 aromatic heterocycles. The lowest BCUT2D eigenvalue weighted by atomic mass is 10.0. The van der Waals surface area contributed by atoms with Gasteiger partial charge in [-0.15, -0.1) is 0 Å². The van der Waals surface area contributed by atoms with Crippen LogP contribution in [0.2, 0.25) is 0 Å². The summed E-state index contributed by atoms with van der Waals surface area (Å²) in [7, 11) is 7.49. The van der Waals surface area contributed by atoms with E-state index in [1.54, 1.807) is 39.3 Å². The van der Waals surface area contributed by atoms with Crippen molar-refractivity contribution in [3.63, 3.8) is 0 Å². The molecule has 6 N–H and O–H groups in total. The van der Waals surface area contributed by atoms with Gasteiger partial charge in [0.05, 0.1) is 41.9 Å². The third-order valence-electron chi connectivity index (χ3n) is 5.57. The van der Waals surface area contributed by atoms with Crippen molar-refractivity contribution in [2.24, 2.45) is 15.7 Å². The van der Waals surface area contributed by atoms with Crippen LogP contribution in [0.4, 0.5) is 22.7 Å². The van der Waals surface area contributed by atoms with E-state index in [-0.39, 0.29) is 11.9 Å². The second-order valence-corrected chi connectivity index (χ2v) is 9.62. The standard InChI is InChI=1S/C27H41N9O3/c1-9-24(37)33-20-15-21(23(39-8)16-22(20)36(7)14-13-35(5)6)34-26(30-17-28)32-18(2)31-19-11-10-12-29-25(19)27(3,4)38/h9-12,15-18,31,38H,1,13-14H2,2-8H3,(H,33,37)(H3,28,30,32,34). The smallest absolute Gasteiger partial charge is 0.247 e. The number of benzene rings is 1. The van der Waals surface area contributed by atoms with E-state index < -0.39 is 11.8 Å². The summed E-state index contributed by atoms with van der Waals surface area (Å²) >= 11 is 0. The summed E-state index contributed by atoms with van der Waals surface area (Å²) in [6.45, 7) is 10.2. The molecule has 0 spiro atoms. The van der Waals surface area contributed by atoms with Crippen LogP contribution >= 0.6 is 0 Å². The molecule has 1 aromatic carbocycles. The van der Waals surface area contributed by atoms with Crippen LogP contribution in [0.5, 0.6) is 5.75 Å². The quantitative estimate of drug-likeness (QED) is 0.156.